The monoisotopic (exact) mass is 2100 g/mol. The van der Waals surface area contributed by atoms with Gasteiger partial charge in [-0.05, 0) is 285 Å². The maximum atomic E-state index is 5.74. The number of likely N-dealkylation sites (tertiary alicyclic amines) is 4. The molecular weight excluding hydrogens is 1840 g/mol. The Hall–Kier alpha value is -1.94. The molecule has 0 amide bonds. The molecule has 884 valence electrons. The Morgan fingerprint density at radius 2 is 0.564 bits per heavy atom. The molecule has 18 nitrogen and oxygen atoms in total. The first kappa shape index (κ1) is 145. The lowest BCUT2D eigenvalue weighted by Gasteiger charge is -2.42. The Morgan fingerprint density at radius 1 is 0.262 bits per heavy atom. The molecule has 149 heavy (non-hydrogen) atoms. The standard InChI is InChI=1S/C28H46O4.C19H40N2O2.2C16H32N2.C15H32N2O.C15H30N2.C12H26.C8H18O.C2H6/c1-27(2,3)23-26-13-7-12-25(22-26)14-8-15-29-16-9-17-30-18-10-19-31-20-11-21-32-24-28(4,5)6;1-18(2,3)16-21-10-8-20(9-11-21)12-15-22-13-7-14-23-17-19(4,5)6;1-16(2,3)14-18-11-7-15(8-12-18)13-17-9-5-4-6-10-17;1-16(2,3)14-18-11-9-17(10-12-18)13-15-7-5-4-6-8-15;1-5-6-12-18-13-11-16-7-9-17(10-8-16)14-15(2,3)4;1-15(2,3)17-11-7-14(8-12-17)13-16-9-5-4-6-10-16;1-11(2,3)9-7-8-10-12(4,5)6;1-5-6-9-7-8(2,3)4;1-2/h7,12-13,22H,9-11,15-21,23-24H2,1-6H3;7-17H2,1-6H3;2*15H,4-14H2,1-3H3;5-14H2,1-4H3;14H,4-13H2,1-3H3;7-10H2,1-6H3;5-7H2,1-4H3;1-2H3. The van der Waals surface area contributed by atoms with E-state index in [1.807, 2.05) is 13.8 Å². The van der Waals surface area contributed by atoms with Crippen molar-refractivity contribution in [3.8, 4) is 11.8 Å². The van der Waals surface area contributed by atoms with Crippen molar-refractivity contribution in [2.24, 2.45) is 71.9 Å². The van der Waals surface area contributed by atoms with E-state index in [2.05, 4.69) is 327 Å². The summed E-state index contributed by atoms with van der Waals surface area (Å²) in [5.74, 6) is 9.24. The van der Waals surface area contributed by atoms with E-state index in [-0.39, 0.29) is 16.2 Å². The molecule has 1 aromatic carbocycles. The van der Waals surface area contributed by atoms with E-state index in [9.17, 15) is 0 Å². The molecule has 1 saturated carbocycles. The molecule has 0 aromatic heterocycles. The SMILES string of the molecule is CC.CC(C)(C)CCCCC(C)(C)C.CC(C)(C)CN1CCC(CN2CCCCC2)CC1.CC(C)(C)CN1CCN(CC2CCCCC2)CC1.CC(C)(C)COCCCOCCCOCCCOCC#Cc1cccc(CC(C)(C)C)c1.CC(C)(C)COCCCOCCN1CCN(CC(C)(C)C)CC1.CC(C)(C)N1CCC(CN2CCCCC2)CC1.CCCCOCCN1CCN(CC(C)(C)C)CC1.CCCOCC(C)(C)C. The number of piperazine rings is 3. The predicted molar refractivity (Wildman–Crippen MR) is 651 cm³/mol. The average molecular weight is 2110 g/mol. The molecule has 7 aliphatic heterocycles. The van der Waals surface area contributed by atoms with Crippen molar-refractivity contribution in [2.45, 2.75) is 435 Å². The number of hydrogen-bond acceptors (Lipinski definition) is 18. The Bertz CT molecular complexity index is 3180. The van der Waals surface area contributed by atoms with Crippen molar-refractivity contribution in [1.29, 1.82) is 0 Å². The van der Waals surface area contributed by atoms with Crippen LogP contribution in [0.1, 0.15) is 434 Å². The highest BCUT2D eigenvalue weighted by Gasteiger charge is 2.32. The minimum absolute atomic E-state index is 0.231. The van der Waals surface area contributed by atoms with Gasteiger partial charge in [0.15, 0.2) is 0 Å². The number of ether oxygens (including phenoxy) is 8. The topological polar surface area (TPSA) is 106 Å². The Kier molecular flexibility index (Phi) is 78.6. The number of nitrogens with zero attached hydrogens (tertiary/aromatic N) is 10. The number of benzene rings is 1. The lowest BCUT2D eigenvalue weighted by atomic mass is 9.85. The van der Waals surface area contributed by atoms with Gasteiger partial charge in [-0.3, -0.25) is 14.7 Å². The highest BCUT2D eigenvalue weighted by atomic mass is 16.5. The van der Waals surface area contributed by atoms with Crippen molar-refractivity contribution in [1.82, 2.24) is 49.0 Å². The zero-order valence-electron chi connectivity index (χ0n) is 107. The number of hydrogen-bond donors (Lipinski definition) is 0. The van der Waals surface area contributed by atoms with Crippen molar-refractivity contribution >= 4 is 0 Å². The van der Waals surface area contributed by atoms with Crippen LogP contribution < -0.4 is 0 Å². The second-order valence-corrected chi connectivity index (χ2v) is 58.8. The van der Waals surface area contributed by atoms with Crippen LogP contribution in [0.25, 0.3) is 0 Å². The van der Waals surface area contributed by atoms with Crippen LogP contribution >= 0.6 is 0 Å². The summed E-state index contributed by atoms with van der Waals surface area (Å²) in [5, 5.41) is 0. The summed E-state index contributed by atoms with van der Waals surface area (Å²) in [5.41, 5.74) is 6.64. The van der Waals surface area contributed by atoms with Crippen LogP contribution in [0, 0.1) is 83.7 Å². The smallest absolute Gasteiger partial charge is 0.108 e. The molecule has 1 aromatic rings. The second-order valence-electron chi connectivity index (χ2n) is 58.8. The van der Waals surface area contributed by atoms with Gasteiger partial charge in [-0.2, -0.15) is 0 Å². The summed E-state index contributed by atoms with van der Waals surface area (Å²) in [4.78, 5) is 26.4. The van der Waals surface area contributed by atoms with Crippen LogP contribution in [-0.2, 0) is 44.3 Å². The molecule has 18 heteroatoms. The quantitative estimate of drug-likeness (QED) is 0.0456. The van der Waals surface area contributed by atoms with E-state index in [4.69, 9.17) is 37.9 Å². The summed E-state index contributed by atoms with van der Waals surface area (Å²) >= 11 is 0. The fourth-order valence-corrected chi connectivity index (χ4v) is 20.3. The molecule has 0 atom stereocenters. The molecule has 0 spiro atoms. The third kappa shape index (κ3) is 93.5. The number of unbranched alkanes of at least 4 members (excludes halogenated alkanes) is 2. The molecule has 0 N–H and O–H groups in total. The maximum Gasteiger partial charge on any atom is 0.108 e. The van der Waals surface area contributed by atoms with Gasteiger partial charge < -0.3 is 72.2 Å². The zero-order valence-corrected chi connectivity index (χ0v) is 107. The average Bonchev–Trinajstić information content (AvgIpc) is 0.848. The van der Waals surface area contributed by atoms with Gasteiger partial charge in [0.25, 0.3) is 0 Å². The van der Waals surface area contributed by atoms with Crippen LogP contribution in [0.5, 0.6) is 0 Å². The van der Waals surface area contributed by atoms with Gasteiger partial charge in [0.1, 0.15) is 6.61 Å². The molecule has 0 radical (unpaired) electrons. The third-order valence-corrected chi connectivity index (χ3v) is 27.8. The normalized spacial score (nSPS) is 18.8. The first-order chi connectivity index (χ1) is 69.7. The predicted octanol–water partition coefficient (Wildman–Crippen LogP) is 29.1. The van der Waals surface area contributed by atoms with Crippen molar-refractivity contribution < 1.29 is 37.9 Å². The van der Waals surface area contributed by atoms with Crippen molar-refractivity contribution in [3.05, 3.63) is 35.4 Å². The van der Waals surface area contributed by atoms with E-state index in [0.29, 0.717) is 63.3 Å². The molecule has 0 bridgehead atoms. The lowest BCUT2D eigenvalue weighted by Crippen LogP contribution is -2.49. The highest BCUT2D eigenvalue weighted by Crippen LogP contribution is 2.32. The summed E-state index contributed by atoms with van der Waals surface area (Å²) in [6.07, 6.45) is 35.6. The van der Waals surface area contributed by atoms with Gasteiger partial charge >= 0.3 is 0 Å². The number of rotatable bonds is 45. The van der Waals surface area contributed by atoms with Gasteiger partial charge in [0, 0.05) is 208 Å². The molecule has 7 heterocycles. The zero-order chi connectivity index (χ0) is 112. The van der Waals surface area contributed by atoms with Crippen LogP contribution in [0.15, 0.2) is 24.3 Å². The van der Waals surface area contributed by atoms with Gasteiger partial charge in [-0.1, -0.05) is 311 Å². The van der Waals surface area contributed by atoms with E-state index in [1.165, 1.54) is 317 Å². The Balaban J connectivity index is 0.000000867. The summed E-state index contributed by atoms with van der Waals surface area (Å²) < 4.78 is 44.8. The fourth-order valence-electron chi connectivity index (χ4n) is 20.3. The van der Waals surface area contributed by atoms with Gasteiger partial charge in [-0.25, -0.2) is 0 Å². The molecular formula is C131H262N10O8. The van der Waals surface area contributed by atoms with Gasteiger partial charge in [-0.15, -0.1) is 0 Å². The van der Waals surface area contributed by atoms with E-state index in [0.717, 1.165) is 161 Å². The third-order valence-electron chi connectivity index (χ3n) is 27.8. The second kappa shape index (κ2) is 80.8. The lowest BCUT2D eigenvalue weighted by molar-refractivity contribution is 0.0373. The van der Waals surface area contributed by atoms with Gasteiger partial charge in [0.2, 0.25) is 0 Å². The first-order valence-electron chi connectivity index (χ1n) is 62.2. The molecule has 0 unspecified atom stereocenters. The van der Waals surface area contributed by atoms with Crippen LogP contribution in [0.3, 0.4) is 0 Å². The molecule has 7 saturated heterocycles. The largest absolute Gasteiger partial charge is 0.381 e. The van der Waals surface area contributed by atoms with Crippen LogP contribution in [0.4, 0.5) is 0 Å². The van der Waals surface area contributed by atoms with Gasteiger partial charge in [0.05, 0.1) is 39.6 Å². The van der Waals surface area contributed by atoms with E-state index < -0.39 is 0 Å². The highest BCUT2D eigenvalue weighted by molar-refractivity contribution is 5.37. The Labute approximate surface area is 931 Å². The minimum atomic E-state index is 0.231. The molecule has 8 aliphatic rings. The van der Waals surface area contributed by atoms with E-state index in [1.54, 1.807) is 0 Å². The molecule has 9 rings (SSSR count). The molecule has 8 fully saturated rings. The van der Waals surface area contributed by atoms with E-state index >= 15 is 0 Å². The summed E-state index contributed by atoms with van der Waals surface area (Å²) in [7, 11) is 0. The van der Waals surface area contributed by atoms with Crippen molar-refractivity contribution in [2.75, 3.05) is 296 Å². The Morgan fingerprint density at radius 3 is 0.899 bits per heavy atom. The van der Waals surface area contributed by atoms with Crippen molar-refractivity contribution in [3.63, 3.8) is 0 Å². The first-order valence-corrected chi connectivity index (χ1v) is 62.2. The summed E-state index contributed by atoms with van der Waals surface area (Å²) in [6.45, 7) is 133. The minimum Gasteiger partial charge on any atom is -0.381 e. The van der Waals surface area contributed by atoms with Crippen LogP contribution in [0.2, 0.25) is 0 Å². The fraction of sp³-hybridized carbons (Fsp3) is 0.939. The summed E-state index contributed by atoms with van der Waals surface area (Å²) in [6, 6.07) is 8.48. The molecule has 1 aliphatic carbocycles. The number of piperidine rings is 4. The maximum absolute atomic E-state index is 5.74. The van der Waals surface area contributed by atoms with Crippen LogP contribution in [-0.4, -0.2) is 350 Å².